The second-order valence-corrected chi connectivity index (χ2v) is 7.59. The SMILES string of the molecule is CC(C)Nc1cc(-n2ncc3cc(C#N)cnc32)ncc1-c1cn(C2CNC2)nn1. The normalized spacial score (nSPS) is 14.1. The van der Waals surface area contributed by atoms with Gasteiger partial charge in [0.1, 0.15) is 11.8 Å². The van der Waals surface area contributed by atoms with E-state index in [0.29, 0.717) is 23.1 Å². The minimum absolute atomic E-state index is 0.218. The summed E-state index contributed by atoms with van der Waals surface area (Å²) in [5.74, 6) is 0.629. The van der Waals surface area contributed by atoms with Crippen LogP contribution in [0.15, 0.2) is 36.9 Å². The summed E-state index contributed by atoms with van der Waals surface area (Å²) in [4.78, 5) is 9.00. The van der Waals surface area contributed by atoms with Gasteiger partial charge in [0.15, 0.2) is 11.5 Å². The van der Waals surface area contributed by atoms with Crippen molar-refractivity contribution in [1.29, 1.82) is 5.26 Å². The number of aromatic nitrogens is 7. The fourth-order valence-electron chi connectivity index (χ4n) is 3.38. The molecule has 0 saturated carbocycles. The van der Waals surface area contributed by atoms with Gasteiger partial charge in [-0.2, -0.15) is 15.0 Å². The first kappa shape index (κ1) is 18.2. The van der Waals surface area contributed by atoms with Crippen molar-refractivity contribution in [2.45, 2.75) is 25.9 Å². The molecule has 4 aromatic heterocycles. The summed E-state index contributed by atoms with van der Waals surface area (Å²) in [6, 6.07) is 6.36. The number of fused-ring (bicyclic) bond motifs is 1. The molecule has 0 aromatic carbocycles. The number of nitriles is 1. The summed E-state index contributed by atoms with van der Waals surface area (Å²) in [6.07, 6.45) is 6.97. The Morgan fingerprint density at radius 3 is 2.80 bits per heavy atom. The summed E-state index contributed by atoms with van der Waals surface area (Å²) in [5, 5.41) is 29.7. The molecule has 1 aliphatic heterocycles. The molecule has 0 radical (unpaired) electrons. The molecule has 5 heterocycles. The van der Waals surface area contributed by atoms with Gasteiger partial charge in [-0.1, -0.05) is 5.21 Å². The number of rotatable bonds is 5. The molecule has 0 unspecified atom stereocenters. The van der Waals surface area contributed by atoms with Crippen LogP contribution in [0.3, 0.4) is 0 Å². The van der Waals surface area contributed by atoms with Gasteiger partial charge in [-0.25, -0.2) is 14.6 Å². The minimum Gasteiger partial charge on any atom is -0.382 e. The fraction of sp³-hybridized carbons (Fsp3) is 0.300. The van der Waals surface area contributed by atoms with Crippen LogP contribution in [-0.4, -0.2) is 53.9 Å². The largest absolute Gasteiger partial charge is 0.382 e. The van der Waals surface area contributed by atoms with Crippen LogP contribution in [0.5, 0.6) is 0 Å². The van der Waals surface area contributed by atoms with Crippen molar-refractivity contribution in [2.75, 3.05) is 18.4 Å². The van der Waals surface area contributed by atoms with Crippen LogP contribution in [0, 0.1) is 11.3 Å². The Morgan fingerprint density at radius 1 is 1.20 bits per heavy atom. The first-order valence-corrected chi connectivity index (χ1v) is 9.76. The lowest BCUT2D eigenvalue weighted by molar-refractivity contribution is 0.313. The van der Waals surface area contributed by atoms with E-state index in [1.165, 1.54) is 6.20 Å². The van der Waals surface area contributed by atoms with Gasteiger partial charge >= 0.3 is 0 Å². The fourth-order valence-corrected chi connectivity index (χ4v) is 3.38. The Hall–Kier alpha value is -3.84. The van der Waals surface area contributed by atoms with Gasteiger partial charge in [0, 0.05) is 54.2 Å². The van der Waals surface area contributed by atoms with Crippen LogP contribution in [-0.2, 0) is 0 Å². The molecule has 10 nitrogen and oxygen atoms in total. The topological polar surface area (TPSA) is 122 Å². The summed E-state index contributed by atoms with van der Waals surface area (Å²) < 4.78 is 3.57. The van der Waals surface area contributed by atoms with Crippen molar-refractivity contribution in [3.63, 3.8) is 0 Å². The highest BCUT2D eigenvalue weighted by atomic mass is 15.5. The molecule has 1 fully saturated rings. The maximum atomic E-state index is 9.08. The Labute approximate surface area is 172 Å². The van der Waals surface area contributed by atoms with Crippen molar-refractivity contribution in [1.82, 2.24) is 40.1 Å². The summed E-state index contributed by atoms with van der Waals surface area (Å²) in [5.41, 5.74) is 3.69. The van der Waals surface area contributed by atoms with Crippen LogP contribution < -0.4 is 10.6 Å². The van der Waals surface area contributed by atoms with Crippen LogP contribution in [0.1, 0.15) is 25.5 Å². The van der Waals surface area contributed by atoms with Crippen LogP contribution in [0.2, 0.25) is 0 Å². The van der Waals surface area contributed by atoms with E-state index in [4.69, 9.17) is 5.26 Å². The monoisotopic (exact) mass is 400 g/mol. The Kier molecular flexibility index (Phi) is 4.37. The summed E-state index contributed by atoms with van der Waals surface area (Å²) in [7, 11) is 0. The lowest BCUT2D eigenvalue weighted by Crippen LogP contribution is -2.43. The zero-order valence-corrected chi connectivity index (χ0v) is 16.6. The molecule has 0 amide bonds. The molecule has 0 atom stereocenters. The van der Waals surface area contributed by atoms with Gasteiger partial charge in [-0.05, 0) is 19.9 Å². The number of hydrogen-bond donors (Lipinski definition) is 2. The van der Waals surface area contributed by atoms with Gasteiger partial charge in [0.25, 0.3) is 0 Å². The predicted octanol–water partition coefficient (Wildman–Crippen LogP) is 1.91. The van der Waals surface area contributed by atoms with Crippen LogP contribution >= 0.6 is 0 Å². The number of nitrogens with one attached hydrogen (secondary N) is 2. The molecular weight excluding hydrogens is 380 g/mol. The third-order valence-electron chi connectivity index (χ3n) is 5.01. The number of anilines is 1. The first-order chi connectivity index (χ1) is 14.6. The molecular formula is C20H20N10. The van der Waals surface area contributed by atoms with Crippen molar-refractivity contribution in [3.05, 3.63) is 42.5 Å². The Balaban J connectivity index is 1.56. The van der Waals surface area contributed by atoms with E-state index >= 15 is 0 Å². The molecule has 0 bridgehead atoms. The molecule has 0 aliphatic carbocycles. The highest BCUT2D eigenvalue weighted by molar-refractivity contribution is 5.79. The smallest absolute Gasteiger partial charge is 0.164 e. The first-order valence-electron chi connectivity index (χ1n) is 9.76. The zero-order chi connectivity index (χ0) is 20.7. The third-order valence-corrected chi connectivity index (χ3v) is 5.01. The van der Waals surface area contributed by atoms with E-state index in [2.05, 4.69) is 55.9 Å². The van der Waals surface area contributed by atoms with Crippen molar-refractivity contribution in [2.24, 2.45) is 0 Å². The standard InChI is InChI=1S/C20H20N10/c1-12(2)26-17-4-19(30-20-14(7-25-30)3-13(5-21)6-24-20)23-10-16(17)18-11-29(28-27-18)15-8-22-9-15/h3-4,6-7,10-12,15,22H,8-9H2,1-2H3,(H,23,26). The lowest BCUT2D eigenvalue weighted by atomic mass is 10.1. The molecule has 150 valence electrons. The van der Waals surface area contributed by atoms with Gasteiger partial charge in [-0.3, -0.25) is 0 Å². The predicted molar refractivity (Wildman–Crippen MR) is 111 cm³/mol. The lowest BCUT2D eigenvalue weighted by Gasteiger charge is -2.26. The maximum absolute atomic E-state index is 9.08. The van der Waals surface area contributed by atoms with E-state index < -0.39 is 0 Å². The van der Waals surface area contributed by atoms with Gasteiger partial charge in [0.2, 0.25) is 0 Å². The molecule has 5 rings (SSSR count). The van der Waals surface area contributed by atoms with Crippen LogP contribution in [0.4, 0.5) is 5.69 Å². The van der Waals surface area contributed by atoms with Crippen molar-refractivity contribution in [3.8, 4) is 23.1 Å². The molecule has 4 aromatic rings. The third kappa shape index (κ3) is 3.15. The highest BCUT2D eigenvalue weighted by Crippen LogP contribution is 2.29. The molecule has 10 heteroatoms. The maximum Gasteiger partial charge on any atom is 0.164 e. The van der Waals surface area contributed by atoms with Crippen LogP contribution in [0.25, 0.3) is 28.1 Å². The summed E-state index contributed by atoms with van der Waals surface area (Å²) >= 11 is 0. The second-order valence-electron chi connectivity index (χ2n) is 7.59. The number of hydrogen-bond acceptors (Lipinski definition) is 8. The second kappa shape index (κ2) is 7.20. The Bertz CT molecular complexity index is 1260. The molecule has 1 saturated heterocycles. The average molecular weight is 400 g/mol. The summed E-state index contributed by atoms with van der Waals surface area (Å²) in [6.45, 7) is 5.97. The van der Waals surface area contributed by atoms with E-state index in [0.717, 1.165) is 35.4 Å². The molecule has 30 heavy (non-hydrogen) atoms. The molecule has 1 aliphatic rings. The van der Waals surface area contributed by atoms with Gasteiger partial charge in [-0.15, -0.1) is 5.10 Å². The van der Waals surface area contributed by atoms with E-state index in [1.54, 1.807) is 23.1 Å². The number of pyridine rings is 2. The molecule has 0 spiro atoms. The zero-order valence-electron chi connectivity index (χ0n) is 16.6. The van der Waals surface area contributed by atoms with Crippen molar-refractivity contribution >= 4 is 16.7 Å². The van der Waals surface area contributed by atoms with E-state index in [9.17, 15) is 0 Å². The molecule has 2 N–H and O–H groups in total. The Morgan fingerprint density at radius 2 is 2.07 bits per heavy atom. The van der Waals surface area contributed by atoms with Gasteiger partial charge in [0.05, 0.1) is 24.0 Å². The minimum atomic E-state index is 0.218. The average Bonchev–Trinajstić information content (AvgIpc) is 3.33. The number of nitrogens with zero attached hydrogens (tertiary/aromatic N) is 8. The van der Waals surface area contributed by atoms with E-state index in [1.807, 2.05) is 16.9 Å². The van der Waals surface area contributed by atoms with Crippen molar-refractivity contribution < 1.29 is 0 Å². The quantitative estimate of drug-likeness (QED) is 0.521. The highest BCUT2D eigenvalue weighted by Gasteiger charge is 2.21. The van der Waals surface area contributed by atoms with E-state index in [-0.39, 0.29) is 6.04 Å². The van der Waals surface area contributed by atoms with Gasteiger partial charge < -0.3 is 10.6 Å².